The first kappa shape index (κ1) is 15.0. The lowest BCUT2D eigenvalue weighted by molar-refractivity contribution is -0.275. The summed E-state index contributed by atoms with van der Waals surface area (Å²) in [6, 6.07) is 3.94. The molecule has 0 unspecified atom stereocenters. The van der Waals surface area contributed by atoms with Gasteiger partial charge in [0.15, 0.2) is 16.6 Å². The van der Waals surface area contributed by atoms with Crippen molar-refractivity contribution >= 4 is 23.5 Å². The molecule has 1 aromatic rings. The molecule has 9 heteroatoms. The number of nitrogens with zero attached hydrogens (tertiary/aromatic N) is 1. The zero-order valence-corrected chi connectivity index (χ0v) is 10.5. The Labute approximate surface area is 112 Å². The number of hydrogen-bond donors (Lipinski definition) is 2. The van der Waals surface area contributed by atoms with E-state index < -0.39 is 12.1 Å². The molecular formula is C10H10F3N3O2S. The lowest BCUT2D eigenvalue weighted by Crippen LogP contribution is -2.24. The fourth-order valence-corrected chi connectivity index (χ4v) is 1.20. The quantitative estimate of drug-likeness (QED) is 0.503. The molecule has 0 aliphatic rings. The largest absolute Gasteiger partial charge is 0.573 e. The number of hydrogen-bond acceptors (Lipinski definition) is 4. The van der Waals surface area contributed by atoms with Gasteiger partial charge in [0.05, 0.1) is 13.3 Å². The Morgan fingerprint density at radius 1 is 1.42 bits per heavy atom. The third-order valence-corrected chi connectivity index (χ3v) is 1.89. The molecule has 0 saturated carbocycles. The van der Waals surface area contributed by atoms with Gasteiger partial charge in [-0.25, -0.2) is 0 Å². The molecular weight excluding hydrogens is 283 g/mol. The van der Waals surface area contributed by atoms with Gasteiger partial charge in [0, 0.05) is 0 Å². The Morgan fingerprint density at radius 2 is 2.11 bits per heavy atom. The molecule has 0 radical (unpaired) electrons. The van der Waals surface area contributed by atoms with E-state index in [2.05, 4.69) is 27.5 Å². The molecule has 0 heterocycles. The van der Waals surface area contributed by atoms with Crippen LogP contribution in [0.1, 0.15) is 5.56 Å². The molecule has 19 heavy (non-hydrogen) atoms. The van der Waals surface area contributed by atoms with Crippen molar-refractivity contribution in [2.24, 2.45) is 10.8 Å². The van der Waals surface area contributed by atoms with Gasteiger partial charge in [-0.1, -0.05) is 0 Å². The van der Waals surface area contributed by atoms with Crippen LogP contribution in [0.15, 0.2) is 23.3 Å². The summed E-state index contributed by atoms with van der Waals surface area (Å²) in [5, 5.41) is 3.56. The van der Waals surface area contributed by atoms with Crippen LogP contribution < -0.4 is 20.6 Å². The highest BCUT2D eigenvalue weighted by atomic mass is 32.1. The molecule has 0 aliphatic carbocycles. The van der Waals surface area contributed by atoms with Crippen LogP contribution in [0.25, 0.3) is 0 Å². The average Bonchev–Trinajstić information content (AvgIpc) is 2.26. The number of alkyl halides is 3. The molecule has 5 nitrogen and oxygen atoms in total. The summed E-state index contributed by atoms with van der Waals surface area (Å²) in [6.07, 6.45) is -3.57. The van der Waals surface area contributed by atoms with Crippen molar-refractivity contribution < 1.29 is 22.6 Å². The lowest BCUT2D eigenvalue weighted by atomic mass is 10.2. The number of nitrogens with two attached hydrogens (primary N) is 1. The molecule has 1 rings (SSSR count). The Balaban J connectivity index is 2.94. The maximum atomic E-state index is 12.2. The molecule has 104 valence electrons. The van der Waals surface area contributed by atoms with E-state index in [0.29, 0.717) is 5.56 Å². The highest BCUT2D eigenvalue weighted by Crippen LogP contribution is 2.32. The zero-order valence-electron chi connectivity index (χ0n) is 9.69. The number of benzene rings is 1. The Morgan fingerprint density at radius 3 is 2.63 bits per heavy atom. The van der Waals surface area contributed by atoms with Gasteiger partial charge in [-0.3, -0.25) is 5.43 Å². The minimum Gasteiger partial charge on any atom is -0.493 e. The second-order valence-electron chi connectivity index (χ2n) is 3.19. The van der Waals surface area contributed by atoms with Gasteiger partial charge in [-0.2, -0.15) is 5.10 Å². The first-order valence-corrected chi connectivity index (χ1v) is 5.25. The van der Waals surface area contributed by atoms with E-state index >= 15 is 0 Å². The number of methoxy groups -OCH3 is 1. The summed E-state index contributed by atoms with van der Waals surface area (Å²) in [5.74, 6) is -0.508. The van der Waals surface area contributed by atoms with E-state index in [-0.39, 0.29) is 10.9 Å². The smallest absolute Gasteiger partial charge is 0.493 e. The highest BCUT2D eigenvalue weighted by molar-refractivity contribution is 7.80. The second-order valence-corrected chi connectivity index (χ2v) is 3.63. The molecule has 0 aliphatic heterocycles. The Kier molecular flexibility index (Phi) is 4.93. The molecule has 3 N–H and O–H groups in total. The fourth-order valence-electron chi connectivity index (χ4n) is 1.15. The van der Waals surface area contributed by atoms with Gasteiger partial charge in [-0.15, -0.1) is 13.2 Å². The predicted molar refractivity (Wildman–Crippen MR) is 67.2 cm³/mol. The van der Waals surface area contributed by atoms with Crippen molar-refractivity contribution in [3.63, 3.8) is 0 Å². The summed E-state index contributed by atoms with van der Waals surface area (Å²) in [5.41, 5.74) is 7.75. The van der Waals surface area contributed by atoms with Crippen LogP contribution in [0.2, 0.25) is 0 Å². The van der Waals surface area contributed by atoms with Crippen LogP contribution in [0.3, 0.4) is 0 Å². The number of hydrazone groups is 1. The van der Waals surface area contributed by atoms with E-state index in [1.165, 1.54) is 25.5 Å². The number of ether oxygens (including phenoxy) is 2. The van der Waals surface area contributed by atoms with Crippen molar-refractivity contribution in [3.05, 3.63) is 23.8 Å². The number of halogens is 3. The molecule has 0 bridgehead atoms. The SMILES string of the molecule is COc1ccc(C=NNC(N)=S)cc1OC(F)(F)F. The maximum Gasteiger partial charge on any atom is 0.573 e. The zero-order chi connectivity index (χ0) is 14.5. The monoisotopic (exact) mass is 293 g/mol. The van der Waals surface area contributed by atoms with E-state index in [1.54, 1.807) is 0 Å². The van der Waals surface area contributed by atoms with Crippen molar-refractivity contribution in [3.8, 4) is 11.5 Å². The van der Waals surface area contributed by atoms with Crippen LogP contribution in [-0.2, 0) is 0 Å². The van der Waals surface area contributed by atoms with Crippen molar-refractivity contribution in [2.45, 2.75) is 6.36 Å². The third kappa shape index (κ3) is 5.42. The summed E-state index contributed by atoms with van der Waals surface area (Å²) in [7, 11) is 1.24. The predicted octanol–water partition coefficient (Wildman–Crippen LogP) is 1.76. The summed E-state index contributed by atoms with van der Waals surface area (Å²) >= 11 is 4.51. The molecule has 0 spiro atoms. The highest BCUT2D eigenvalue weighted by Gasteiger charge is 2.32. The average molecular weight is 293 g/mol. The van der Waals surface area contributed by atoms with E-state index in [1.807, 2.05) is 0 Å². The van der Waals surface area contributed by atoms with E-state index in [0.717, 1.165) is 6.07 Å². The fraction of sp³-hybridized carbons (Fsp3) is 0.200. The molecule has 0 saturated heterocycles. The maximum absolute atomic E-state index is 12.2. The summed E-state index contributed by atoms with van der Waals surface area (Å²) < 4.78 is 45.2. The summed E-state index contributed by atoms with van der Waals surface area (Å²) in [6.45, 7) is 0. The van der Waals surface area contributed by atoms with Gasteiger partial charge in [0.1, 0.15) is 0 Å². The Hall–Kier alpha value is -2.03. The molecule has 0 amide bonds. The second kappa shape index (κ2) is 6.23. The van der Waals surface area contributed by atoms with Gasteiger partial charge in [-0.05, 0) is 36.0 Å². The number of nitrogens with one attached hydrogen (secondary N) is 1. The third-order valence-electron chi connectivity index (χ3n) is 1.80. The number of thiocarbonyl (C=S) groups is 1. The molecule has 0 atom stereocenters. The van der Waals surface area contributed by atoms with Crippen LogP contribution in [0.4, 0.5) is 13.2 Å². The van der Waals surface area contributed by atoms with Gasteiger partial charge >= 0.3 is 6.36 Å². The normalized spacial score (nSPS) is 11.4. The van der Waals surface area contributed by atoms with Crippen molar-refractivity contribution in [1.82, 2.24) is 5.43 Å². The van der Waals surface area contributed by atoms with Gasteiger partial charge in [0.25, 0.3) is 0 Å². The van der Waals surface area contributed by atoms with E-state index in [9.17, 15) is 13.2 Å². The van der Waals surface area contributed by atoms with Gasteiger partial charge in [0.2, 0.25) is 0 Å². The molecule has 1 aromatic carbocycles. The number of rotatable bonds is 4. The first-order valence-electron chi connectivity index (χ1n) is 4.84. The van der Waals surface area contributed by atoms with Crippen LogP contribution >= 0.6 is 12.2 Å². The van der Waals surface area contributed by atoms with Crippen LogP contribution in [0.5, 0.6) is 11.5 Å². The van der Waals surface area contributed by atoms with Crippen LogP contribution in [0, 0.1) is 0 Å². The topological polar surface area (TPSA) is 68.9 Å². The summed E-state index contributed by atoms with van der Waals surface area (Å²) in [4.78, 5) is 0. The standard InChI is InChI=1S/C10H10F3N3O2S/c1-17-7-3-2-6(5-15-16-9(14)19)4-8(7)18-10(11,12)13/h2-5H,1H3,(H3,14,16,19). The van der Waals surface area contributed by atoms with Crippen molar-refractivity contribution in [2.75, 3.05) is 7.11 Å². The molecule has 0 fully saturated rings. The minimum atomic E-state index is -4.81. The minimum absolute atomic E-state index is 0.0446. The molecule has 0 aromatic heterocycles. The first-order chi connectivity index (χ1) is 8.81. The Bertz CT molecular complexity index is 491. The lowest BCUT2D eigenvalue weighted by Gasteiger charge is -2.12. The van der Waals surface area contributed by atoms with E-state index in [4.69, 9.17) is 10.5 Å². The van der Waals surface area contributed by atoms with Gasteiger partial charge < -0.3 is 15.2 Å². The van der Waals surface area contributed by atoms with Crippen molar-refractivity contribution in [1.29, 1.82) is 0 Å². The van der Waals surface area contributed by atoms with Crippen LogP contribution in [-0.4, -0.2) is 24.8 Å².